The summed E-state index contributed by atoms with van der Waals surface area (Å²) in [6.07, 6.45) is 5.66. The van der Waals surface area contributed by atoms with E-state index in [1.807, 2.05) is 12.1 Å². The molecule has 1 nitrogen and oxygen atoms in total. The molecule has 4 rings (SSSR count). The summed E-state index contributed by atoms with van der Waals surface area (Å²) >= 11 is 0. The largest absolute Gasteiger partial charge is 2.00 e. The van der Waals surface area contributed by atoms with Gasteiger partial charge in [0.25, 0.3) is 0 Å². The number of nitrogens with one attached hydrogen (secondary N) is 1. The van der Waals surface area contributed by atoms with Gasteiger partial charge >= 0.3 is 26.2 Å². The number of rotatable bonds is 1. The first-order chi connectivity index (χ1) is 13.4. The zero-order valence-electron chi connectivity index (χ0n) is 18.9. The predicted molar refractivity (Wildman–Crippen MR) is 128 cm³/mol. The van der Waals surface area contributed by atoms with Gasteiger partial charge in [-0.3, -0.25) is 6.08 Å². The predicted octanol–water partition coefficient (Wildman–Crippen LogP) is 7.79. The molecule has 2 aromatic carbocycles. The maximum Gasteiger partial charge on any atom is 2.00 e. The molecule has 1 saturated carbocycles. The van der Waals surface area contributed by atoms with Crippen LogP contribution in [0.1, 0.15) is 40.5 Å². The van der Waals surface area contributed by atoms with Crippen LogP contribution in [0, 0.1) is 12.0 Å². The first-order valence-electron chi connectivity index (χ1n) is 10.2. The van der Waals surface area contributed by atoms with Crippen molar-refractivity contribution in [1.82, 2.24) is 0 Å². The van der Waals surface area contributed by atoms with E-state index in [1.54, 1.807) is 0 Å². The maximum atomic E-state index is 6.69. The molecule has 0 aliphatic heterocycles. The second kappa shape index (κ2) is 15.8. The van der Waals surface area contributed by atoms with Crippen LogP contribution >= 0.6 is 0 Å². The van der Waals surface area contributed by atoms with Crippen molar-refractivity contribution in [3.05, 3.63) is 89.2 Å². The Bertz CT molecular complexity index is 696. The molecule has 0 bridgehead atoms. The molecule has 0 saturated heterocycles. The first-order valence-corrected chi connectivity index (χ1v) is 12.5. The minimum Gasteiger partial charge on any atom is -0.675 e. The van der Waals surface area contributed by atoms with Crippen molar-refractivity contribution in [3.63, 3.8) is 0 Å². The summed E-state index contributed by atoms with van der Waals surface area (Å²) in [5, 5.41) is 0. The minimum absolute atomic E-state index is 0. The van der Waals surface area contributed by atoms with Gasteiger partial charge in [0.1, 0.15) is 0 Å². The van der Waals surface area contributed by atoms with E-state index in [4.69, 9.17) is 5.73 Å². The van der Waals surface area contributed by atoms with Crippen LogP contribution in [0.4, 0.5) is 0 Å². The molecule has 2 aliphatic rings. The molecule has 2 aromatic rings. The summed E-state index contributed by atoms with van der Waals surface area (Å²) in [6.45, 7) is 13.1. The fourth-order valence-corrected chi connectivity index (χ4v) is 2.51. The van der Waals surface area contributed by atoms with Gasteiger partial charge in [-0.05, 0) is 11.1 Å². The zero-order chi connectivity index (χ0) is 20.9. The second-order valence-corrected chi connectivity index (χ2v) is 8.54. The van der Waals surface area contributed by atoms with Crippen LogP contribution in [0.25, 0.3) is 16.9 Å². The van der Waals surface area contributed by atoms with E-state index >= 15 is 0 Å². The van der Waals surface area contributed by atoms with Crippen LogP contribution in [0.2, 0.25) is 13.1 Å². The number of benzene rings is 2. The fourth-order valence-electron chi connectivity index (χ4n) is 2.51. The molecule has 1 radical (unpaired) electrons. The summed E-state index contributed by atoms with van der Waals surface area (Å²) in [4.78, 5) is 0. The summed E-state index contributed by atoms with van der Waals surface area (Å²) in [5.74, 6) is 0.560. The molecule has 3 heteroatoms. The smallest absolute Gasteiger partial charge is 0.675 e. The monoisotopic (exact) mass is 480 g/mol. The van der Waals surface area contributed by atoms with Crippen molar-refractivity contribution >= 4 is 9.52 Å². The van der Waals surface area contributed by atoms with Crippen molar-refractivity contribution in [3.8, 4) is 11.1 Å². The van der Waals surface area contributed by atoms with Crippen LogP contribution in [0.3, 0.4) is 0 Å². The Balaban J connectivity index is 0.000000406. The molecule has 0 amide bonds. The molecule has 1 fully saturated rings. The molecule has 2 aliphatic carbocycles. The molecule has 0 heterocycles. The Kier molecular flexibility index (Phi) is 15.2. The van der Waals surface area contributed by atoms with Crippen molar-refractivity contribution in [2.24, 2.45) is 5.92 Å². The van der Waals surface area contributed by atoms with E-state index in [9.17, 15) is 0 Å². The Morgan fingerprint density at radius 1 is 0.828 bits per heavy atom. The fraction of sp³-hybridized carbons (Fsp3) is 0.385. The molecular formula is C26H36NSiZr. The third kappa shape index (κ3) is 11.7. The molecule has 0 aromatic heterocycles. The van der Waals surface area contributed by atoms with Gasteiger partial charge in [-0.15, -0.1) is 13.0 Å². The van der Waals surface area contributed by atoms with Crippen molar-refractivity contribution in [2.45, 2.75) is 59.7 Å². The summed E-state index contributed by atoms with van der Waals surface area (Å²) in [6, 6.07) is 21.1. The topological polar surface area (TPSA) is 23.8 Å². The van der Waals surface area contributed by atoms with E-state index in [2.05, 4.69) is 95.4 Å². The number of hydrogen-bond acceptors (Lipinski definition) is 0. The van der Waals surface area contributed by atoms with Gasteiger partial charge in [0.2, 0.25) is 0 Å². The van der Waals surface area contributed by atoms with E-state index in [0.29, 0.717) is 12.0 Å². The normalized spacial score (nSPS) is 16.7. The van der Waals surface area contributed by atoms with Gasteiger partial charge in [0.15, 0.2) is 0 Å². The Hall–Kier alpha value is -1.02. The quantitative estimate of drug-likeness (QED) is 0.293. The molecule has 1 atom stereocenters. The van der Waals surface area contributed by atoms with Crippen LogP contribution in [-0.4, -0.2) is 15.6 Å². The number of allylic oxidation sites excluding steroid dienone is 4. The van der Waals surface area contributed by atoms with Gasteiger partial charge in [-0.1, -0.05) is 113 Å². The molecular weight excluding hydrogens is 446 g/mol. The molecule has 0 spiro atoms. The zero-order valence-corrected chi connectivity index (χ0v) is 22.5. The Labute approximate surface area is 200 Å². The van der Waals surface area contributed by atoms with Crippen LogP contribution in [0.5, 0.6) is 0 Å². The third-order valence-corrected chi connectivity index (χ3v) is 4.69. The molecule has 1 unspecified atom stereocenters. The Morgan fingerprint density at radius 3 is 1.34 bits per heavy atom. The Morgan fingerprint density at radius 2 is 1.17 bits per heavy atom. The van der Waals surface area contributed by atoms with Gasteiger partial charge in [0.05, 0.1) is 0 Å². The molecule has 1 N–H and O–H groups in total. The summed E-state index contributed by atoms with van der Waals surface area (Å²) < 4.78 is 0. The first kappa shape index (κ1) is 28.0. The minimum atomic E-state index is 0. The third-order valence-electron chi connectivity index (χ3n) is 4.69. The van der Waals surface area contributed by atoms with Crippen LogP contribution in [0.15, 0.2) is 77.4 Å². The van der Waals surface area contributed by atoms with Gasteiger partial charge < -0.3 is 5.73 Å². The summed E-state index contributed by atoms with van der Waals surface area (Å²) in [7, 11) is 0.750. The average Bonchev–Trinajstić information content (AvgIpc) is 3.47. The standard InChI is InChI=1S/C12H10.C9H13.C3H6N.C2H7Si.Zr/c1-3-7-11(8-4-1)12-9-5-2-6-10-12;1-6-5-7(2)9(4)8(6)3;4-3-1-2-3;1-3-2;/h1-10H;6H,1-4H3;3-4H,1-2H2;3H,1-2H3;/q;2*-1;;+2. The molecule has 29 heavy (non-hydrogen) atoms. The van der Waals surface area contributed by atoms with Gasteiger partial charge in [-0.2, -0.15) is 11.1 Å². The van der Waals surface area contributed by atoms with Crippen LogP contribution < -0.4 is 0 Å². The van der Waals surface area contributed by atoms with E-state index in [0.717, 1.165) is 22.4 Å². The van der Waals surface area contributed by atoms with Crippen LogP contribution in [-0.2, 0) is 26.2 Å². The van der Waals surface area contributed by atoms with Gasteiger partial charge in [-0.25, -0.2) is 5.57 Å². The second-order valence-electron chi connectivity index (χ2n) is 7.38. The van der Waals surface area contributed by atoms with Gasteiger partial charge in [0, 0.05) is 9.52 Å². The van der Waals surface area contributed by atoms with E-state index in [-0.39, 0.29) is 26.2 Å². The van der Waals surface area contributed by atoms with Crippen molar-refractivity contribution < 1.29 is 26.2 Å². The average molecular weight is 482 g/mol. The van der Waals surface area contributed by atoms with Crippen molar-refractivity contribution in [2.75, 3.05) is 0 Å². The molecule has 153 valence electrons. The number of hydrogen-bond donors (Lipinski definition) is 0. The SMILES string of the molecule is CC1=[C-]C(C)C(C)=C1C.C[SiH]C.[NH-]C1CC1.[Zr+2].c1ccc(-c2ccccc2)cc1. The van der Waals surface area contributed by atoms with E-state index < -0.39 is 0 Å². The maximum absolute atomic E-state index is 6.69. The summed E-state index contributed by atoms with van der Waals surface area (Å²) in [5.41, 5.74) is 13.5. The van der Waals surface area contributed by atoms with E-state index in [1.165, 1.54) is 27.8 Å². The van der Waals surface area contributed by atoms with Crippen molar-refractivity contribution in [1.29, 1.82) is 0 Å².